The van der Waals surface area contributed by atoms with E-state index in [9.17, 15) is 0 Å². The van der Waals surface area contributed by atoms with Crippen LogP contribution in [0.1, 0.15) is 51.3 Å². The molecule has 0 N–H and O–H groups in total. The summed E-state index contributed by atoms with van der Waals surface area (Å²) in [6, 6.07) is 76.6. The molecule has 0 unspecified atom stereocenters. The van der Waals surface area contributed by atoms with Gasteiger partial charge in [-0.05, 0) is 109 Å². The highest BCUT2D eigenvalue weighted by Crippen LogP contribution is 2.52. The lowest BCUT2D eigenvalue weighted by Crippen LogP contribution is -2.15. The Kier molecular flexibility index (Phi) is 9.33. The summed E-state index contributed by atoms with van der Waals surface area (Å²) in [7, 11) is 0. The summed E-state index contributed by atoms with van der Waals surface area (Å²) in [4.78, 5) is 2.46. The molecule has 63 heavy (non-hydrogen) atoms. The molecule has 0 bridgehead atoms. The van der Waals surface area contributed by atoms with Crippen LogP contribution in [0.2, 0.25) is 0 Å². The van der Waals surface area contributed by atoms with E-state index in [1.165, 1.54) is 92.5 Å². The van der Waals surface area contributed by atoms with Gasteiger partial charge >= 0.3 is 0 Å². The SMILES string of the molecule is CC(C)(C)c1ccc(-c2ccc3c(c2)C(C)(C)c2ccc(-c4ccccc4N(c4ccc(-c5cccc6c5sc5ccccc56)cc4)c4ccccc4-c4ccccc4)cc2-3)cc1. The highest BCUT2D eigenvalue weighted by molar-refractivity contribution is 7.26. The van der Waals surface area contributed by atoms with Gasteiger partial charge in [-0.3, -0.25) is 0 Å². The molecule has 0 amide bonds. The van der Waals surface area contributed by atoms with E-state index in [-0.39, 0.29) is 10.8 Å². The first-order valence-corrected chi connectivity index (χ1v) is 22.9. The molecule has 10 aromatic rings. The van der Waals surface area contributed by atoms with Crippen molar-refractivity contribution in [2.75, 3.05) is 4.90 Å². The average Bonchev–Trinajstić information content (AvgIpc) is 3.81. The van der Waals surface area contributed by atoms with Crippen molar-refractivity contribution in [3.8, 4) is 55.6 Å². The summed E-state index contributed by atoms with van der Waals surface area (Å²) in [6.07, 6.45) is 0. The third-order valence-corrected chi connectivity index (χ3v) is 14.5. The first-order chi connectivity index (χ1) is 30.6. The average molecular weight is 828 g/mol. The van der Waals surface area contributed by atoms with Crippen LogP contribution in [-0.2, 0) is 10.8 Å². The Hall–Kier alpha value is -7.00. The zero-order chi connectivity index (χ0) is 42.9. The van der Waals surface area contributed by atoms with Crippen LogP contribution in [0.15, 0.2) is 206 Å². The standard InChI is InChI=1S/C61H49NS/c1-60(2,3)45-32-26-40(27-33-45)43-30-36-50-53-38-44(31-37-54(53)61(4,5)55(50)39-43)48-19-10-13-24-57(48)62(56-23-12-9-18-47(56)41-16-7-6-8-17-41)46-34-28-42(29-35-46)49-21-15-22-52-51-20-11-14-25-58(51)63-59(49)52/h6-39H,1-5H3. The summed E-state index contributed by atoms with van der Waals surface area (Å²) < 4.78 is 2.65. The lowest BCUT2D eigenvalue weighted by atomic mass is 9.81. The molecule has 11 rings (SSSR count). The van der Waals surface area contributed by atoms with Crippen molar-refractivity contribution < 1.29 is 0 Å². The van der Waals surface area contributed by atoms with Gasteiger partial charge in [0.1, 0.15) is 0 Å². The zero-order valence-corrected chi connectivity index (χ0v) is 37.3. The van der Waals surface area contributed by atoms with E-state index >= 15 is 0 Å². The fourth-order valence-corrected chi connectivity index (χ4v) is 11.1. The lowest BCUT2D eigenvalue weighted by molar-refractivity contribution is 0.590. The van der Waals surface area contributed by atoms with E-state index in [0.717, 1.165) is 17.1 Å². The predicted molar refractivity (Wildman–Crippen MR) is 272 cm³/mol. The van der Waals surface area contributed by atoms with Gasteiger partial charge in [0, 0.05) is 42.4 Å². The molecule has 1 heterocycles. The fourth-order valence-electron chi connectivity index (χ4n) is 9.88. The molecule has 0 radical (unpaired) electrons. The maximum atomic E-state index is 2.46. The van der Waals surface area contributed by atoms with E-state index < -0.39 is 0 Å². The van der Waals surface area contributed by atoms with Crippen molar-refractivity contribution in [1.82, 2.24) is 0 Å². The van der Waals surface area contributed by atoms with Crippen LogP contribution in [0.4, 0.5) is 17.1 Å². The van der Waals surface area contributed by atoms with Gasteiger partial charge < -0.3 is 4.90 Å². The minimum absolute atomic E-state index is 0.124. The number of rotatable bonds is 7. The maximum absolute atomic E-state index is 2.46. The molecule has 1 nitrogen and oxygen atoms in total. The number of fused-ring (bicyclic) bond motifs is 6. The predicted octanol–water partition coefficient (Wildman–Crippen LogP) is 17.8. The second kappa shape index (κ2) is 15.1. The van der Waals surface area contributed by atoms with Crippen LogP contribution in [0.25, 0.3) is 75.8 Å². The summed E-state index contributed by atoms with van der Waals surface area (Å²) in [5.41, 5.74) is 19.8. The van der Waals surface area contributed by atoms with Crippen molar-refractivity contribution in [3.05, 3.63) is 223 Å². The fraction of sp³-hybridized carbons (Fsp3) is 0.115. The quantitative estimate of drug-likeness (QED) is 0.155. The van der Waals surface area contributed by atoms with Crippen LogP contribution in [-0.4, -0.2) is 0 Å². The Labute approximate surface area is 375 Å². The van der Waals surface area contributed by atoms with Crippen LogP contribution < -0.4 is 4.90 Å². The number of hydrogen-bond donors (Lipinski definition) is 0. The van der Waals surface area contributed by atoms with Crippen molar-refractivity contribution in [2.24, 2.45) is 0 Å². The molecular formula is C61H49NS. The number of benzene rings is 9. The van der Waals surface area contributed by atoms with E-state index in [0.29, 0.717) is 0 Å². The minimum atomic E-state index is -0.132. The number of anilines is 3. The van der Waals surface area contributed by atoms with E-state index in [1.54, 1.807) is 0 Å². The molecular weight excluding hydrogens is 779 g/mol. The maximum Gasteiger partial charge on any atom is 0.0540 e. The second-order valence-electron chi connectivity index (χ2n) is 18.5. The van der Waals surface area contributed by atoms with Crippen LogP contribution in [0, 0.1) is 0 Å². The molecule has 0 saturated carbocycles. The van der Waals surface area contributed by atoms with Crippen molar-refractivity contribution in [1.29, 1.82) is 0 Å². The molecule has 0 aliphatic heterocycles. The van der Waals surface area contributed by atoms with Crippen molar-refractivity contribution >= 4 is 48.6 Å². The number of thiophene rings is 1. The molecule has 304 valence electrons. The molecule has 1 aliphatic carbocycles. The number of para-hydroxylation sites is 2. The summed E-state index contributed by atoms with van der Waals surface area (Å²) in [6.45, 7) is 11.6. The van der Waals surface area contributed by atoms with Crippen molar-refractivity contribution in [3.63, 3.8) is 0 Å². The van der Waals surface area contributed by atoms with E-state index in [2.05, 4.69) is 246 Å². The van der Waals surface area contributed by atoms with Gasteiger partial charge in [-0.1, -0.05) is 198 Å². The topological polar surface area (TPSA) is 3.24 Å². The van der Waals surface area contributed by atoms with Crippen LogP contribution in [0.5, 0.6) is 0 Å². The van der Waals surface area contributed by atoms with E-state index in [4.69, 9.17) is 0 Å². The number of nitrogens with zero attached hydrogens (tertiary/aromatic N) is 1. The molecule has 1 aliphatic rings. The zero-order valence-electron chi connectivity index (χ0n) is 36.5. The molecule has 9 aromatic carbocycles. The summed E-state index contributed by atoms with van der Waals surface area (Å²) in [5.74, 6) is 0. The monoisotopic (exact) mass is 827 g/mol. The first kappa shape index (κ1) is 38.9. The Morgan fingerprint density at radius 2 is 0.968 bits per heavy atom. The largest absolute Gasteiger partial charge is 0.309 e. The smallest absolute Gasteiger partial charge is 0.0540 e. The Balaban J connectivity index is 1.03. The Morgan fingerprint density at radius 3 is 1.70 bits per heavy atom. The van der Waals surface area contributed by atoms with Crippen LogP contribution >= 0.6 is 11.3 Å². The van der Waals surface area contributed by atoms with E-state index in [1.807, 2.05) is 11.3 Å². The van der Waals surface area contributed by atoms with Gasteiger partial charge in [-0.2, -0.15) is 0 Å². The van der Waals surface area contributed by atoms with Gasteiger partial charge in [-0.25, -0.2) is 0 Å². The molecule has 0 saturated heterocycles. The highest BCUT2D eigenvalue weighted by atomic mass is 32.1. The molecule has 0 spiro atoms. The normalized spacial score (nSPS) is 13.0. The lowest BCUT2D eigenvalue weighted by Gasteiger charge is -2.30. The summed E-state index contributed by atoms with van der Waals surface area (Å²) >= 11 is 1.88. The Morgan fingerprint density at radius 1 is 0.397 bits per heavy atom. The third-order valence-electron chi connectivity index (χ3n) is 13.3. The first-order valence-electron chi connectivity index (χ1n) is 22.1. The molecule has 2 heteroatoms. The Bertz CT molecular complexity index is 3330. The number of hydrogen-bond acceptors (Lipinski definition) is 2. The van der Waals surface area contributed by atoms with Crippen molar-refractivity contribution in [2.45, 2.75) is 45.4 Å². The van der Waals surface area contributed by atoms with Gasteiger partial charge in [0.2, 0.25) is 0 Å². The second-order valence-corrected chi connectivity index (χ2v) is 19.6. The summed E-state index contributed by atoms with van der Waals surface area (Å²) in [5, 5.41) is 2.64. The van der Waals surface area contributed by atoms with Crippen LogP contribution in [0.3, 0.4) is 0 Å². The van der Waals surface area contributed by atoms with Gasteiger partial charge in [0.15, 0.2) is 0 Å². The molecule has 0 fully saturated rings. The third kappa shape index (κ3) is 6.69. The van der Waals surface area contributed by atoms with Gasteiger partial charge in [0.25, 0.3) is 0 Å². The minimum Gasteiger partial charge on any atom is -0.309 e. The molecule has 1 aromatic heterocycles. The van der Waals surface area contributed by atoms with Gasteiger partial charge in [0.05, 0.1) is 11.4 Å². The molecule has 0 atom stereocenters. The highest BCUT2D eigenvalue weighted by Gasteiger charge is 2.36. The van der Waals surface area contributed by atoms with Gasteiger partial charge in [-0.15, -0.1) is 11.3 Å².